The zero-order valence-electron chi connectivity index (χ0n) is 14.7. The molecule has 1 aromatic heterocycles. The zero-order chi connectivity index (χ0) is 20.1. The lowest BCUT2D eigenvalue weighted by Gasteiger charge is -2.09. The minimum atomic E-state index is -0.904. The Hall–Kier alpha value is -3.81. The van der Waals surface area contributed by atoms with E-state index in [0.29, 0.717) is 17.5 Å². The molecule has 0 spiro atoms. The normalized spacial score (nSPS) is 10.2. The predicted octanol–water partition coefficient (Wildman–Crippen LogP) is 3.87. The maximum absolute atomic E-state index is 13.7. The third-order valence-electron chi connectivity index (χ3n) is 3.76. The van der Waals surface area contributed by atoms with Crippen LogP contribution in [0.3, 0.4) is 0 Å². The van der Waals surface area contributed by atoms with Crippen molar-refractivity contribution in [1.82, 2.24) is 4.98 Å². The first-order valence-electron chi connectivity index (χ1n) is 8.14. The fourth-order valence-corrected chi connectivity index (χ4v) is 2.38. The summed E-state index contributed by atoms with van der Waals surface area (Å²) in [4.78, 5) is 28.7. The highest BCUT2D eigenvalue weighted by atomic mass is 19.1. The molecule has 3 rings (SSSR count). The number of carbonyl (C=O) groups is 2. The third kappa shape index (κ3) is 4.47. The molecule has 0 atom stereocenters. The van der Waals surface area contributed by atoms with Gasteiger partial charge in [-0.15, -0.1) is 0 Å². The number of pyridine rings is 1. The van der Waals surface area contributed by atoms with E-state index in [-0.39, 0.29) is 16.9 Å². The van der Waals surface area contributed by atoms with Gasteiger partial charge in [-0.25, -0.2) is 8.78 Å². The van der Waals surface area contributed by atoms with Gasteiger partial charge >= 0.3 is 0 Å². The fraction of sp³-hybridized carbons (Fsp3) is 0.0500. The van der Waals surface area contributed by atoms with Gasteiger partial charge in [0.15, 0.2) is 0 Å². The van der Waals surface area contributed by atoms with Gasteiger partial charge in [0.05, 0.1) is 12.8 Å². The van der Waals surface area contributed by atoms with Crippen LogP contribution in [0, 0.1) is 11.6 Å². The van der Waals surface area contributed by atoms with E-state index in [1.165, 1.54) is 25.4 Å². The highest BCUT2D eigenvalue weighted by molar-refractivity contribution is 6.07. The van der Waals surface area contributed by atoms with Gasteiger partial charge in [0.2, 0.25) is 0 Å². The number of anilines is 2. The van der Waals surface area contributed by atoms with Gasteiger partial charge in [-0.3, -0.25) is 14.6 Å². The van der Waals surface area contributed by atoms with Crippen LogP contribution in [-0.4, -0.2) is 23.9 Å². The Kier molecular flexibility index (Phi) is 5.59. The second-order valence-corrected chi connectivity index (χ2v) is 5.69. The SMILES string of the molecule is COc1cccc(NC(=O)c2cc(C(=O)Nc3ccc(F)cc3F)ccn2)c1. The highest BCUT2D eigenvalue weighted by Gasteiger charge is 2.14. The van der Waals surface area contributed by atoms with Gasteiger partial charge in [0.25, 0.3) is 11.8 Å². The number of nitrogens with zero attached hydrogens (tertiary/aromatic N) is 1. The molecule has 28 heavy (non-hydrogen) atoms. The number of halogens is 2. The minimum absolute atomic E-state index is 0.00459. The summed E-state index contributed by atoms with van der Waals surface area (Å²) >= 11 is 0. The van der Waals surface area contributed by atoms with Crippen molar-refractivity contribution in [2.24, 2.45) is 0 Å². The standard InChI is InChI=1S/C20H15F2N3O3/c1-28-15-4-2-3-14(11-15)24-20(27)18-9-12(7-8-23-18)19(26)25-17-6-5-13(21)10-16(17)22/h2-11H,1H3,(H,24,27)(H,25,26). The van der Waals surface area contributed by atoms with E-state index in [4.69, 9.17) is 4.74 Å². The fourth-order valence-electron chi connectivity index (χ4n) is 2.38. The highest BCUT2D eigenvalue weighted by Crippen LogP contribution is 2.18. The van der Waals surface area contributed by atoms with Crippen molar-refractivity contribution >= 4 is 23.2 Å². The molecule has 0 aliphatic heterocycles. The number of ether oxygens (including phenoxy) is 1. The molecule has 6 nitrogen and oxygen atoms in total. The van der Waals surface area contributed by atoms with E-state index in [2.05, 4.69) is 15.6 Å². The zero-order valence-corrected chi connectivity index (χ0v) is 14.7. The molecule has 1 heterocycles. The van der Waals surface area contributed by atoms with E-state index in [1.807, 2.05) is 0 Å². The lowest BCUT2D eigenvalue weighted by Crippen LogP contribution is -2.17. The maximum Gasteiger partial charge on any atom is 0.274 e. The van der Waals surface area contributed by atoms with Crippen molar-refractivity contribution in [3.63, 3.8) is 0 Å². The van der Waals surface area contributed by atoms with Crippen LogP contribution in [0.2, 0.25) is 0 Å². The second kappa shape index (κ2) is 8.26. The molecule has 3 aromatic rings. The number of amides is 2. The van der Waals surface area contributed by atoms with Crippen molar-refractivity contribution in [3.8, 4) is 5.75 Å². The van der Waals surface area contributed by atoms with Gasteiger partial charge in [-0.1, -0.05) is 6.07 Å². The number of methoxy groups -OCH3 is 1. The monoisotopic (exact) mass is 383 g/mol. The van der Waals surface area contributed by atoms with Crippen LogP contribution < -0.4 is 15.4 Å². The van der Waals surface area contributed by atoms with Gasteiger partial charge in [-0.05, 0) is 36.4 Å². The molecule has 0 radical (unpaired) electrons. The molecule has 0 unspecified atom stereocenters. The number of hydrogen-bond donors (Lipinski definition) is 2. The average molecular weight is 383 g/mol. The maximum atomic E-state index is 13.7. The minimum Gasteiger partial charge on any atom is -0.497 e. The van der Waals surface area contributed by atoms with Crippen LogP contribution in [0.15, 0.2) is 60.8 Å². The van der Waals surface area contributed by atoms with E-state index >= 15 is 0 Å². The summed E-state index contributed by atoms with van der Waals surface area (Å²) in [7, 11) is 1.51. The molecule has 0 aliphatic rings. The summed E-state index contributed by atoms with van der Waals surface area (Å²) in [6, 6.07) is 12.2. The third-order valence-corrected chi connectivity index (χ3v) is 3.76. The Balaban J connectivity index is 1.75. The Morgan fingerprint density at radius 2 is 1.79 bits per heavy atom. The van der Waals surface area contributed by atoms with E-state index in [0.717, 1.165) is 12.1 Å². The lowest BCUT2D eigenvalue weighted by molar-refractivity contribution is 0.102. The number of rotatable bonds is 5. The predicted molar refractivity (Wildman–Crippen MR) is 99.5 cm³/mol. The van der Waals surface area contributed by atoms with Gasteiger partial charge in [0, 0.05) is 29.6 Å². The number of carbonyl (C=O) groups excluding carboxylic acids is 2. The summed E-state index contributed by atoms with van der Waals surface area (Å²) in [5.74, 6) is -2.28. The van der Waals surface area contributed by atoms with Crippen LogP contribution in [0.4, 0.5) is 20.2 Å². The smallest absolute Gasteiger partial charge is 0.274 e. The van der Waals surface area contributed by atoms with Crippen LogP contribution in [0.5, 0.6) is 5.75 Å². The Labute approximate surface area is 159 Å². The van der Waals surface area contributed by atoms with E-state index < -0.39 is 23.4 Å². The molecule has 8 heteroatoms. The Morgan fingerprint density at radius 3 is 2.54 bits per heavy atom. The molecule has 2 N–H and O–H groups in total. The van der Waals surface area contributed by atoms with Crippen molar-refractivity contribution in [1.29, 1.82) is 0 Å². The van der Waals surface area contributed by atoms with Gasteiger partial charge in [-0.2, -0.15) is 0 Å². The Bertz CT molecular complexity index is 1040. The van der Waals surface area contributed by atoms with Crippen molar-refractivity contribution < 1.29 is 23.1 Å². The lowest BCUT2D eigenvalue weighted by atomic mass is 10.2. The molecular weight excluding hydrogens is 368 g/mol. The molecule has 0 fully saturated rings. The first-order chi connectivity index (χ1) is 13.5. The quantitative estimate of drug-likeness (QED) is 0.701. The summed E-state index contributed by atoms with van der Waals surface area (Å²) in [6.07, 6.45) is 1.29. The number of hydrogen-bond acceptors (Lipinski definition) is 4. The number of aromatic nitrogens is 1. The first-order valence-corrected chi connectivity index (χ1v) is 8.14. The molecular formula is C20H15F2N3O3. The van der Waals surface area contributed by atoms with Crippen LogP contribution in [0.25, 0.3) is 0 Å². The summed E-state index contributed by atoms with van der Waals surface area (Å²) < 4.78 is 31.8. The van der Waals surface area contributed by atoms with Gasteiger partial charge in [0.1, 0.15) is 23.1 Å². The van der Waals surface area contributed by atoms with Crippen molar-refractivity contribution in [2.75, 3.05) is 17.7 Å². The molecule has 2 aromatic carbocycles. The summed E-state index contributed by atoms with van der Waals surface area (Å²) in [5.41, 5.74) is 0.407. The topological polar surface area (TPSA) is 80.3 Å². The molecule has 142 valence electrons. The average Bonchev–Trinajstić information content (AvgIpc) is 2.70. The number of benzene rings is 2. The Morgan fingerprint density at radius 1 is 0.964 bits per heavy atom. The van der Waals surface area contributed by atoms with Crippen LogP contribution in [-0.2, 0) is 0 Å². The molecule has 0 bridgehead atoms. The largest absolute Gasteiger partial charge is 0.497 e. The molecule has 0 saturated carbocycles. The molecule has 2 amide bonds. The summed E-state index contributed by atoms with van der Waals surface area (Å²) in [5, 5.41) is 4.98. The van der Waals surface area contributed by atoms with E-state index in [1.54, 1.807) is 24.3 Å². The number of nitrogens with one attached hydrogen (secondary N) is 2. The first kappa shape index (κ1) is 19.0. The van der Waals surface area contributed by atoms with Crippen molar-refractivity contribution in [3.05, 3.63) is 83.7 Å². The van der Waals surface area contributed by atoms with Crippen LogP contribution >= 0.6 is 0 Å². The van der Waals surface area contributed by atoms with E-state index in [9.17, 15) is 18.4 Å². The van der Waals surface area contributed by atoms with Crippen LogP contribution in [0.1, 0.15) is 20.8 Å². The van der Waals surface area contributed by atoms with Gasteiger partial charge < -0.3 is 15.4 Å². The summed E-state index contributed by atoms with van der Waals surface area (Å²) in [6.45, 7) is 0. The molecule has 0 saturated heterocycles. The molecule has 0 aliphatic carbocycles. The second-order valence-electron chi connectivity index (χ2n) is 5.69. The van der Waals surface area contributed by atoms with Crippen molar-refractivity contribution in [2.45, 2.75) is 0 Å².